The average Bonchev–Trinajstić information content (AvgIpc) is 2.79. The van der Waals surface area contributed by atoms with Crippen LogP contribution in [0, 0.1) is 0 Å². The normalized spacial score (nSPS) is 18.1. The zero-order chi connectivity index (χ0) is 14.7. The molecule has 23 heavy (non-hydrogen) atoms. The summed E-state index contributed by atoms with van der Waals surface area (Å²) in [5, 5.41) is 5.31. The number of fused-ring (bicyclic) bond motifs is 1. The van der Waals surface area contributed by atoms with E-state index in [0.717, 1.165) is 35.6 Å². The molecule has 1 aliphatic heterocycles. The van der Waals surface area contributed by atoms with Gasteiger partial charge in [-0.2, -0.15) is 0 Å². The lowest BCUT2D eigenvalue weighted by molar-refractivity contribution is 0.217. The first-order chi connectivity index (χ1) is 10.3. The molecule has 0 bridgehead atoms. The van der Waals surface area contributed by atoms with Crippen LogP contribution < -0.4 is 5.32 Å². The van der Waals surface area contributed by atoms with Crippen molar-refractivity contribution >= 4 is 47.3 Å². The zero-order valence-corrected chi connectivity index (χ0v) is 15.7. The van der Waals surface area contributed by atoms with Crippen molar-refractivity contribution in [2.75, 3.05) is 20.1 Å². The van der Waals surface area contributed by atoms with Gasteiger partial charge in [-0.15, -0.1) is 24.8 Å². The SMILES string of the molecule is CN(Cc1ccc(Cl)c2cccnc12)C1CCCNCC1.Cl.Cl. The second kappa shape index (κ2) is 9.65. The van der Waals surface area contributed by atoms with Gasteiger partial charge in [0.05, 0.1) is 5.52 Å². The number of hydrogen-bond donors (Lipinski definition) is 1. The molecule has 1 aromatic carbocycles. The Hall–Kier alpha value is -0.580. The number of halogens is 3. The van der Waals surface area contributed by atoms with Crippen molar-refractivity contribution in [3.63, 3.8) is 0 Å². The van der Waals surface area contributed by atoms with Gasteiger partial charge in [-0.25, -0.2) is 0 Å². The van der Waals surface area contributed by atoms with Gasteiger partial charge < -0.3 is 5.32 Å². The molecule has 0 aliphatic carbocycles. The van der Waals surface area contributed by atoms with Crippen LogP contribution in [0.4, 0.5) is 0 Å². The van der Waals surface area contributed by atoms with Crippen molar-refractivity contribution in [1.82, 2.24) is 15.2 Å². The molecule has 1 aliphatic rings. The van der Waals surface area contributed by atoms with Gasteiger partial charge >= 0.3 is 0 Å². The van der Waals surface area contributed by atoms with Gasteiger partial charge in [0.15, 0.2) is 0 Å². The van der Waals surface area contributed by atoms with Crippen LogP contribution in [0.2, 0.25) is 5.02 Å². The molecule has 3 nitrogen and oxygen atoms in total. The van der Waals surface area contributed by atoms with Crippen molar-refractivity contribution in [3.8, 4) is 0 Å². The molecule has 2 aromatic rings. The Morgan fingerprint density at radius 3 is 2.87 bits per heavy atom. The number of pyridine rings is 1. The standard InChI is InChI=1S/C17H22ClN3.2ClH/c1-21(14-4-2-9-19-11-8-14)12-13-6-7-16(18)15-5-3-10-20-17(13)15;;/h3,5-7,10,14,19H,2,4,8-9,11-12H2,1H3;2*1H. The van der Waals surface area contributed by atoms with Crippen molar-refractivity contribution in [3.05, 3.63) is 41.0 Å². The monoisotopic (exact) mass is 375 g/mol. The number of hydrogen-bond acceptors (Lipinski definition) is 3. The highest BCUT2D eigenvalue weighted by molar-refractivity contribution is 6.35. The van der Waals surface area contributed by atoms with Gasteiger partial charge in [0.2, 0.25) is 0 Å². The molecule has 3 rings (SSSR count). The zero-order valence-electron chi connectivity index (χ0n) is 13.3. The van der Waals surface area contributed by atoms with Gasteiger partial charge in [-0.05, 0) is 63.2 Å². The predicted molar refractivity (Wildman–Crippen MR) is 103 cm³/mol. The van der Waals surface area contributed by atoms with E-state index in [1.54, 1.807) is 0 Å². The van der Waals surface area contributed by atoms with E-state index in [0.29, 0.717) is 6.04 Å². The van der Waals surface area contributed by atoms with Crippen LogP contribution >= 0.6 is 36.4 Å². The van der Waals surface area contributed by atoms with Crippen LogP contribution in [0.3, 0.4) is 0 Å². The Morgan fingerprint density at radius 1 is 1.22 bits per heavy atom. The molecular formula is C17H24Cl3N3. The third-order valence-electron chi connectivity index (χ3n) is 4.39. The van der Waals surface area contributed by atoms with E-state index in [9.17, 15) is 0 Å². The molecule has 6 heteroatoms. The van der Waals surface area contributed by atoms with Crippen LogP contribution in [-0.2, 0) is 6.54 Å². The molecule has 1 aromatic heterocycles. The Labute approximate surface area is 155 Å². The number of rotatable bonds is 3. The molecule has 0 saturated carbocycles. The average molecular weight is 377 g/mol. The largest absolute Gasteiger partial charge is 0.317 e. The van der Waals surface area contributed by atoms with Gasteiger partial charge in [-0.3, -0.25) is 9.88 Å². The third kappa shape index (κ3) is 4.94. The lowest BCUT2D eigenvalue weighted by Crippen LogP contribution is -2.32. The molecular weight excluding hydrogens is 353 g/mol. The summed E-state index contributed by atoms with van der Waals surface area (Å²) < 4.78 is 0. The van der Waals surface area contributed by atoms with Gasteiger partial charge in [0, 0.05) is 29.2 Å². The molecule has 1 unspecified atom stereocenters. The van der Waals surface area contributed by atoms with E-state index in [1.807, 2.05) is 24.4 Å². The highest BCUT2D eigenvalue weighted by Gasteiger charge is 2.18. The fourth-order valence-electron chi connectivity index (χ4n) is 3.16. The fraction of sp³-hybridized carbons (Fsp3) is 0.471. The molecule has 0 amide bonds. The first-order valence-electron chi connectivity index (χ1n) is 7.69. The highest BCUT2D eigenvalue weighted by atomic mass is 35.5. The van der Waals surface area contributed by atoms with E-state index in [4.69, 9.17) is 11.6 Å². The summed E-state index contributed by atoms with van der Waals surface area (Å²) in [6.07, 6.45) is 5.59. The summed E-state index contributed by atoms with van der Waals surface area (Å²) in [7, 11) is 2.22. The van der Waals surface area contributed by atoms with E-state index >= 15 is 0 Å². The smallest absolute Gasteiger partial charge is 0.0761 e. The summed E-state index contributed by atoms with van der Waals surface area (Å²) in [4.78, 5) is 7.00. The van der Waals surface area contributed by atoms with Crippen LogP contribution in [0.5, 0.6) is 0 Å². The van der Waals surface area contributed by atoms with E-state index in [1.165, 1.54) is 24.8 Å². The quantitative estimate of drug-likeness (QED) is 0.865. The topological polar surface area (TPSA) is 28.2 Å². The maximum Gasteiger partial charge on any atom is 0.0761 e. The van der Waals surface area contributed by atoms with Gasteiger partial charge in [0.1, 0.15) is 0 Å². The Morgan fingerprint density at radius 2 is 2.04 bits per heavy atom. The summed E-state index contributed by atoms with van der Waals surface area (Å²) >= 11 is 6.27. The molecule has 0 spiro atoms. The number of nitrogens with zero attached hydrogens (tertiary/aromatic N) is 2. The summed E-state index contributed by atoms with van der Waals surface area (Å²) in [6.45, 7) is 3.19. The maximum atomic E-state index is 6.27. The third-order valence-corrected chi connectivity index (χ3v) is 4.72. The van der Waals surface area contributed by atoms with Crippen molar-refractivity contribution in [2.45, 2.75) is 31.8 Å². The van der Waals surface area contributed by atoms with Crippen LogP contribution in [-0.4, -0.2) is 36.1 Å². The number of benzene rings is 1. The van der Waals surface area contributed by atoms with Crippen LogP contribution in [0.15, 0.2) is 30.5 Å². The Bertz CT molecular complexity index is 613. The Balaban J connectivity index is 0.00000132. The first-order valence-corrected chi connectivity index (χ1v) is 8.06. The lowest BCUT2D eigenvalue weighted by atomic mass is 10.1. The molecule has 128 valence electrons. The second-order valence-corrected chi connectivity index (χ2v) is 6.26. The fourth-order valence-corrected chi connectivity index (χ4v) is 3.38. The molecule has 1 N–H and O–H groups in total. The van der Waals surface area contributed by atoms with E-state index < -0.39 is 0 Å². The Kier molecular flexibility index (Phi) is 8.59. The summed E-state index contributed by atoms with van der Waals surface area (Å²) in [5.41, 5.74) is 2.29. The first kappa shape index (κ1) is 20.5. The molecule has 1 fully saturated rings. The lowest BCUT2D eigenvalue weighted by Gasteiger charge is -2.27. The molecule has 1 atom stereocenters. The van der Waals surface area contributed by atoms with E-state index in [2.05, 4.69) is 28.3 Å². The molecule has 0 radical (unpaired) electrons. The van der Waals surface area contributed by atoms with E-state index in [-0.39, 0.29) is 24.8 Å². The highest BCUT2D eigenvalue weighted by Crippen LogP contribution is 2.26. The minimum absolute atomic E-state index is 0. The maximum absolute atomic E-state index is 6.27. The summed E-state index contributed by atoms with van der Waals surface area (Å²) in [5.74, 6) is 0. The number of nitrogens with one attached hydrogen (secondary N) is 1. The van der Waals surface area contributed by atoms with Crippen LogP contribution in [0.1, 0.15) is 24.8 Å². The van der Waals surface area contributed by atoms with Crippen molar-refractivity contribution < 1.29 is 0 Å². The van der Waals surface area contributed by atoms with Gasteiger partial charge in [-0.1, -0.05) is 17.7 Å². The minimum atomic E-state index is 0. The van der Waals surface area contributed by atoms with Crippen molar-refractivity contribution in [1.29, 1.82) is 0 Å². The second-order valence-electron chi connectivity index (χ2n) is 5.86. The molecule has 1 saturated heterocycles. The predicted octanol–water partition coefficient (Wildman–Crippen LogP) is 4.31. The number of aromatic nitrogens is 1. The van der Waals surface area contributed by atoms with Crippen molar-refractivity contribution in [2.24, 2.45) is 0 Å². The van der Waals surface area contributed by atoms with Crippen LogP contribution in [0.25, 0.3) is 10.9 Å². The van der Waals surface area contributed by atoms with Gasteiger partial charge in [0.25, 0.3) is 0 Å². The summed E-state index contributed by atoms with van der Waals surface area (Å²) in [6, 6.07) is 8.74. The molecule has 2 heterocycles. The minimum Gasteiger partial charge on any atom is -0.317 e.